The van der Waals surface area contributed by atoms with Crippen LogP contribution < -0.4 is 20.9 Å². The van der Waals surface area contributed by atoms with E-state index in [-0.39, 0.29) is 40.7 Å². The first kappa shape index (κ1) is 40.0. The van der Waals surface area contributed by atoms with Crippen LogP contribution in [0.15, 0.2) is 73.1 Å². The van der Waals surface area contributed by atoms with E-state index in [1.807, 2.05) is 0 Å². The first-order chi connectivity index (χ1) is 26.7. The molecular weight excluding hydrogens is 742 g/mol. The molecular formula is C39H44ClN9O7. The third kappa shape index (κ3) is 10.3. The topological polar surface area (TPSA) is 201 Å². The molecule has 6 rings (SSSR count). The van der Waals surface area contributed by atoms with Crippen LogP contribution in [0, 0.1) is 0 Å². The van der Waals surface area contributed by atoms with Gasteiger partial charge in [-0.2, -0.15) is 4.68 Å². The monoisotopic (exact) mass is 785 g/mol. The number of benzene rings is 3. The maximum absolute atomic E-state index is 13.8. The summed E-state index contributed by atoms with van der Waals surface area (Å²) in [5.74, 6) is -3.34. The SMILES string of the molecule is CC(C)(C)OC(=O)c1ccc(NC(=O)C(Cc2ccc(N3CCN(C4CCC(O)CC4)CC3=O)cc2)NC(=O)C(=O)Nc2cc(Cl)ccc2-n2cnnn2)cc1. The second kappa shape index (κ2) is 17.4. The number of aromatic nitrogens is 4. The number of ether oxygens (including phenoxy) is 1. The van der Waals surface area contributed by atoms with Crippen molar-refractivity contribution in [1.29, 1.82) is 0 Å². The first-order valence-corrected chi connectivity index (χ1v) is 18.7. The largest absolute Gasteiger partial charge is 0.456 e. The Kier molecular flexibility index (Phi) is 12.4. The van der Waals surface area contributed by atoms with Crippen molar-refractivity contribution in [3.63, 3.8) is 0 Å². The van der Waals surface area contributed by atoms with E-state index < -0.39 is 35.3 Å². The zero-order chi connectivity index (χ0) is 40.0. The molecule has 2 fully saturated rings. The lowest BCUT2D eigenvalue weighted by Crippen LogP contribution is -2.54. The van der Waals surface area contributed by atoms with Crippen molar-refractivity contribution in [1.82, 2.24) is 30.4 Å². The fourth-order valence-corrected chi connectivity index (χ4v) is 6.87. The standard InChI is InChI=1S/C39H44ClN9O7/c1-39(2,3)56-38(55)25-6-9-27(10-7-25)42-35(52)32(44-37(54)36(53)43-31-21-26(40)8-17-33(31)49-23-41-45-46-49)20-24-4-11-29(12-5-24)48-19-18-47(22-34(48)51)28-13-15-30(50)16-14-28/h4-12,17,21,23,28,30,32,50H,13-16,18-20,22H2,1-3H3,(H,42,52)(H,43,53)(H,44,54). The number of carbonyl (C=O) groups is 5. The van der Waals surface area contributed by atoms with Gasteiger partial charge in [0.05, 0.1) is 29.6 Å². The van der Waals surface area contributed by atoms with Crippen LogP contribution in [0.3, 0.4) is 0 Å². The Bertz CT molecular complexity index is 2050. The molecule has 1 aromatic heterocycles. The summed E-state index contributed by atoms with van der Waals surface area (Å²) in [4.78, 5) is 70.1. The minimum Gasteiger partial charge on any atom is -0.456 e. The van der Waals surface area contributed by atoms with Crippen LogP contribution >= 0.6 is 11.6 Å². The lowest BCUT2D eigenvalue weighted by molar-refractivity contribution is -0.137. The van der Waals surface area contributed by atoms with Crippen LogP contribution in [-0.2, 0) is 30.3 Å². The van der Waals surface area contributed by atoms with Gasteiger partial charge in [-0.15, -0.1) is 5.10 Å². The molecule has 0 spiro atoms. The molecule has 1 aliphatic carbocycles. The van der Waals surface area contributed by atoms with Gasteiger partial charge in [-0.05, 0) is 117 Å². The van der Waals surface area contributed by atoms with Crippen molar-refractivity contribution in [2.24, 2.45) is 0 Å². The van der Waals surface area contributed by atoms with E-state index in [0.717, 1.165) is 32.2 Å². The van der Waals surface area contributed by atoms with Gasteiger partial charge in [0.2, 0.25) is 11.8 Å². The van der Waals surface area contributed by atoms with Gasteiger partial charge >= 0.3 is 17.8 Å². The lowest BCUT2D eigenvalue weighted by atomic mass is 9.91. The van der Waals surface area contributed by atoms with Crippen LogP contribution in [0.5, 0.6) is 0 Å². The maximum Gasteiger partial charge on any atom is 0.338 e. The molecule has 0 radical (unpaired) electrons. The molecule has 294 valence electrons. The molecule has 1 saturated heterocycles. The van der Waals surface area contributed by atoms with Crippen molar-refractivity contribution < 1.29 is 33.8 Å². The molecule has 1 atom stereocenters. The molecule has 0 bridgehead atoms. The Hall–Kier alpha value is -5.71. The number of rotatable bonds is 10. The highest BCUT2D eigenvalue weighted by molar-refractivity contribution is 6.40. The number of nitrogens with one attached hydrogen (secondary N) is 3. The summed E-state index contributed by atoms with van der Waals surface area (Å²) in [6, 6.07) is 16.8. The summed E-state index contributed by atoms with van der Waals surface area (Å²) in [5, 5.41) is 29.0. The van der Waals surface area contributed by atoms with E-state index in [1.165, 1.54) is 41.3 Å². The minimum absolute atomic E-state index is 0.0105. The smallest absolute Gasteiger partial charge is 0.338 e. The molecule has 1 aliphatic heterocycles. The number of hydrogen-bond acceptors (Lipinski definition) is 11. The zero-order valence-electron chi connectivity index (χ0n) is 31.3. The van der Waals surface area contributed by atoms with Crippen LogP contribution in [0.25, 0.3) is 5.69 Å². The number of nitrogens with zero attached hydrogens (tertiary/aromatic N) is 6. The second-order valence-electron chi connectivity index (χ2n) is 14.8. The minimum atomic E-state index is -1.23. The third-order valence-electron chi connectivity index (χ3n) is 9.54. The maximum atomic E-state index is 13.8. The summed E-state index contributed by atoms with van der Waals surface area (Å²) >= 11 is 6.18. The molecule has 16 nitrogen and oxygen atoms in total. The summed E-state index contributed by atoms with van der Waals surface area (Å²) in [5.41, 5.74) is 1.79. The van der Waals surface area contributed by atoms with E-state index in [1.54, 1.807) is 62.1 Å². The average Bonchev–Trinajstić information content (AvgIpc) is 3.70. The van der Waals surface area contributed by atoms with Crippen LogP contribution in [-0.4, -0.2) is 103 Å². The van der Waals surface area contributed by atoms with Crippen molar-refractivity contribution in [3.8, 4) is 5.69 Å². The van der Waals surface area contributed by atoms with Crippen molar-refractivity contribution in [2.75, 3.05) is 35.2 Å². The second-order valence-corrected chi connectivity index (χ2v) is 15.2. The van der Waals surface area contributed by atoms with Gasteiger partial charge < -0.3 is 30.7 Å². The highest BCUT2D eigenvalue weighted by atomic mass is 35.5. The molecule has 56 heavy (non-hydrogen) atoms. The number of esters is 1. The van der Waals surface area contributed by atoms with Gasteiger partial charge in [-0.25, -0.2) is 4.79 Å². The molecule has 3 aromatic carbocycles. The molecule has 17 heteroatoms. The Morgan fingerprint density at radius 1 is 0.929 bits per heavy atom. The number of tetrazole rings is 1. The number of aliphatic hydroxyl groups is 1. The Labute approximate surface area is 328 Å². The van der Waals surface area contributed by atoms with Gasteiger partial charge in [0.15, 0.2) is 0 Å². The van der Waals surface area contributed by atoms with Gasteiger partial charge in [-0.1, -0.05) is 23.7 Å². The summed E-state index contributed by atoms with van der Waals surface area (Å²) < 4.78 is 6.70. The number of piperazine rings is 1. The summed E-state index contributed by atoms with van der Waals surface area (Å²) in [6.07, 6.45) is 4.27. The van der Waals surface area contributed by atoms with Gasteiger partial charge in [0, 0.05) is 41.9 Å². The highest BCUT2D eigenvalue weighted by Gasteiger charge is 2.32. The Balaban J connectivity index is 1.15. The van der Waals surface area contributed by atoms with Gasteiger partial charge in [0.25, 0.3) is 0 Å². The van der Waals surface area contributed by atoms with Gasteiger partial charge in [0.1, 0.15) is 18.0 Å². The fourth-order valence-electron chi connectivity index (χ4n) is 6.70. The zero-order valence-corrected chi connectivity index (χ0v) is 32.0. The Morgan fingerprint density at radius 2 is 1.64 bits per heavy atom. The predicted molar refractivity (Wildman–Crippen MR) is 207 cm³/mol. The third-order valence-corrected chi connectivity index (χ3v) is 9.77. The number of anilines is 3. The summed E-state index contributed by atoms with van der Waals surface area (Å²) in [6.45, 7) is 6.81. The van der Waals surface area contributed by atoms with E-state index >= 15 is 0 Å². The first-order valence-electron chi connectivity index (χ1n) is 18.3. The van der Waals surface area contributed by atoms with E-state index in [4.69, 9.17) is 16.3 Å². The normalized spacial score (nSPS) is 18.2. The van der Waals surface area contributed by atoms with E-state index in [0.29, 0.717) is 35.7 Å². The molecule has 1 unspecified atom stereocenters. The lowest BCUT2D eigenvalue weighted by Gasteiger charge is -2.41. The van der Waals surface area contributed by atoms with Crippen molar-refractivity contribution >= 4 is 58.3 Å². The average molecular weight is 786 g/mol. The predicted octanol–water partition coefficient (Wildman–Crippen LogP) is 3.53. The molecule has 4 aromatic rings. The summed E-state index contributed by atoms with van der Waals surface area (Å²) in [7, 11) is 0. The number of hydrogen-bond donors (Lipinski definition) is 4. The van der Waals surface area contributed by atoms with E-state index in [2.05, 4.69) is 36.4 Å². The van der Waals surface area contributed by atoms with Crippen LogP contribution in [0.4, 0.5) is 17.1 Å². The van der Waals surface area contributed by atoms with Gasteiger partial charge in [-0.3, -0.25) is 24.1 Å². The van der Waals surface area contributed by atoms with Crippen molar-refractivity contribution in [3.05, 3.63) is 89.2 Å². The quantitative estimate of drug-likeness (QED) is 0.135. The van der Waals surface area contributed by atoms with Crippen molar-refractivity contribution in [2.45, 2.75) is 76.7 Å². The molecule has 4 N–H and O–H groups in total. The molecule has 1 saturated carbocycles. The van der Waals surface area contributed by atoms with E-state index in [9.17, 15) is 29.1 Å². The number of carbonyl (C=O) groups excluding carboxylic acids is 5. The molecule has 2 aliphatic rings. The van der Waals surface area contributed by atoms with Crippen LogP contribution in [0.1, 0.15) is 62.4 Å². The molecule has 2 heterocycles. The van der Waals surface area contributed by atoms with Crippen LogP contribution in [0.2, 0.25) is 5.02 Å². The molecule has 4 amide bonds. The number of halogens is 1. The fraction of sp³-hybridized carbons (Fsp3) is 0.385. The Morgan fingerprint density at radius 3 is 2.29 bits per heavy atom. The number of amides is 4. The highest BCUT2D eigenvalue weighted by Crippen LogP contribution is 2.27. The number of aliphatic hydroxyl groups excluding tert-OH is 1.